The highest BCUT2D eigenvalue weighted by atomic mass is 16.7. The highest BCUT2D eigenvalue weighted by molar-refractivity contribution is 5.85. The van der Waals surface area contributed by atoms with Crippen LogP contribution in [0.25, 0.3) is 0 Å². The number of rotatable bonds is 4. The molecule has 4 heterocycles. The van der Waals surface area contributed by atoms with E-state index in [1.165, 1.54) is 0 Å². The molecule has 0 aliphatic carbocycles. The number of aliphatic hydroxyl groups is 2. The van der Waals surface area contributed by atoms with Gasteiger partial charge in [-0.15, -0.1) is 0 Å². The van der Waals surface area contributed by atoms with E-state index in [0.717, 1.165) is 0 Å². The first-order chi connectivity index (χ1) is 22.8. The molecule has 0 saturated carbocycles. The Bertz CT molecular complexity index is 1220. The van der Waals surface area contributed by atoms with Crippen LogP contribution >= 0.6 is 0 Å². The smallest absolute Gasteiger partial charge is 0.408 e. The first-order valence-electron chi connectivity index (χ1n) is 17.5. The van der Waals surface area contributed by atoms with E-state index in [1.54, 1.807) is 48.5 Å². The van der Waals surface area contributed by atoms with Crippen LogP contribution in [0.5, 0.6) is 0 Å². The Labute approximate surface area is 289 Å². The van der Waals surface area contributed by atoms with Gasteiger partial charge in [-0.2, -0.15) is 0 Å². The number of cyclic esters (lactones) is 1. The zero-order chi connectivity index (χ0) is 36.6. The average Bonchev–Trinajstić information content (AvgIpc) is 3.34. The number of alkyl carbamates (subject to hydrolysis) is 2. The van der Waals surface area contributed by atoms with Crippen LogP contribution in [0.15, 0.2) is 0 Å². The molecule has 2 bridgehead atoms. The lowest BCUT2D eigenvalue weighted by atomic mass is 9.73. The van der Waals surface area contributed by atoms with Crippen molar-refractivity contribution >= 4 is 23.9 Å². The fraction of sp³-hybridized carbons (Fsp3) is 0.882. The number of amides is 2. The van der Waals surface area contributed by atoms with Crippen LogP contribution in [0.3, 0.4) is 0 Å². The summed E-state index contributed by atoms with van der Waals surface area (Å²) in [6, 6.07) is -1.16. The molecule has 15 nitrogen and oxygen atoms in total. The van der Waals surface area contributed by atoms with Crippen LogP contribution in [-0.2, 0) is 38.0 Å². The third kappa shape index (κ3) is 8.17. The Morgan fingerprint density at radius 2 is 1.65 bits per heavy atom. The van der Waals surface area contributed by atoms with Crippen molar-refractivity contribution in [1.29, 1.82) is 0 Å². The predicted octanol–water partition coefficient (Wildman–Crippen LogP) is 1.75. The van der Waals surface area contributed by atoms with Crippen molar-refractivity contribution in [3.63, 3.8) is 0 Å². The number of ether oxygens (including phenoxy) is 6. The predicted molar refractivity (Wildman–Crippen MR) is 174 cm³/mol. The Morgan fingerprint density at radius 1 is 0.980 bits per heavy atom. The van der Waals surface area contributed by atoms with E-state index in [9.17, 15) is 29.4 Å². The van der Waals surface area contributed by atoms with Crippen molar-refractivity contribution in [2.75, 3.05) is 27.2 Å². The lowest BCUT2D eigenvalue weighted by Crippen LogP contribution is -2.61. The van der Waals surface area contributed by atoms with Crippen LogP contribution in [0.1, 0.15) is 74.7 Å². The van der Waals surface area contributed by atoms with Crippen LogP contribution in [-0.4, -0.2) is 132 Å². The molecule has 4 aliphatic rings. The standard InChI is InChI=1S/C34H57N3O12/c1-11-23-34(8)27(36-32(43)49-34)18(4)24(39)16(2)13-33(7)28(47-30-25(40)22(37(9)10)12-17(3)45-30)19(5)26(20(6)29(41)46-23)44-15-21(38)14-35-31(42)48-33/h16-23,25-28,30,38,40H,11-15H2,1-10H3,(H,35,42)(H,36,43)/t16-,17-,18+,19+,20-,21?,22+,23-,25-,26+,27+,28-,30+,33-,34-/m1/s1. The Balaban J connectivity index is 1.88. The molecule has 4 fully saturated rings. The number of β-amino-alcohol motifs (C(OH)–C–C–N with tert-alkyl or cyclic N) is 1. The molecule has 15 atom stereocenters. The van der Waals surface area contributed by atoms with Gasteiger partial charge in [0.2, 0.25) is 0 Å². The van der Waals surface area contributed by atoms with E-state index < -0.39 is 95.9 Å². The summed E-state index contributed by atoms with van der Waals surface area (Å²) < 4.78 is 37.1. The summed E-state index contributed by atoms with van der Waals surface area (Å²) in [5, 5.41) is 27.5. The number of likely N-dealkylation sites (N-methyl/N-ethyl adjacent to an activating group) is 1. The molecular weight excluding hydrogens is 642 g/mol. The molecular formula is C34H57N3O12. The molecule has 2 amide bonds. The van der Waals surface area contributed by atoms with E-state index >= 15 is 0 Å². The molecule has 49 heavy (non-hydrogen) atoms. The van der Waals surface area contributed by atoms with Crippen molar-refractivity contribution in [1.82, 2.24) is 15.5 Å². The minimum atomic E-state index is -1.58. The number of ketones is 1. The van der Waals surface area contributed by atoms with Gasteiger partial charge < -0.3 is 54.2 Å². The first kappa shape index (κ1) is 39.2. The largest absolute Gasteiger partial charge is 0.458 e. The van der Waals surface area contributed by atoms with Gasteiger partial charge in [-0.25, -0.2) is 9.59 Å². The molecule has 4 rings (SSSR count). The molecule has 1 unspecified atom stereocenters. The average molecular weight is 700 g/mol. The number of fused-ring (bicyclic) bond motifs is 4. The van der Waals surface area contributed by atoms with Gasteiger partial charge in [-0.05, 0) is 61.1 Å². The van der Waals surface area contributed by atoms with Gasteiger partial charge in [0.25, 0.3) is 0 Å². The molecule has 0 aromatic carbocycles. The number of nitrogens with zero attached hydrogens (tertiary/aromatic N) is 1. The summed E-state index contributed by atoms with van der Waals surface area (Å²) in [6.45, 7) is 13.3. The SMILES string of the molecule is CC[C@H]1OC(=O)[C@H](C)[C@H]2OCC(O)CNC(=O)O[C@](C)(C[C@@H](C)C(=O)[C@H](C)[C@@H]3NC(=O)O[C@]13C)[C@H](O[C@@H]1O[C@H](C)C[C@H](N(C)C)[C@H]1O)[C@H]2C. The number of aliphatic hydroxyl groups excluding tert-OH is 2. The van der Waals surface area contributed by atoms with Crippen molar-refractivity contribution in [3.05, 3.63) is 0 Å². The number of hydrogen-bond donors (Lipinski definition) is 4. The van der Waals surface area contributed by atoms with Crippen LogP contribution in [0, 0.1) is 23.7 Å². The summed E-state index contributed by atoms with van der Waals surface area (Å²) in [4.78, 5) is 56.2. The highest BCUT2D eigenvalue weighted by Gasteiger charge is 2.58. The Morgan fingerprint density at radius 3 is 2.29 bits per heavy atom. The zero-order valence-corrected chi connectivity index (χ0v) is 30.5. The molecule has 0 radical (unpaired) electrons. The molecule has 280 valence electrons. The van der Waals surface area contributed by atoms with Crippen LogP contribution in [0.2, 0.25) is 0 Å². The highest BCUT2D eigenvalue weighted by Crippen LogP contribution is 2.42. The van der Waals surface area contributed by atoms with Crippen LogP contribution < -0.4 is 10.6 Å². The fourth-order valence-corrected chi connectivity index (χ4v) is 8.25. The van der Waals surface area contributed by atoms with E-state index in [2.05, 4.69) is 10.6 Å². The van der Waals surface area contributed by atoms with Crippen molar-refractivity contribution in [3.8, 4) is 0 Å². The summed E-state index contributed by atoms with van der Waals surface area (Å²) in [5.41, 5.74) is -2.95. The van der Waals surface area contributed by atoms with E-state index in [4.69, 9.17) is 28.4 Å². The third-order valence-corrected chi connectivity index (χ3v) is 10.9. The second-order valence-electron chi connectivity index (χ2n) is 15.1. The number of carbonyl (C=O) groups excluding carboxylic acids is 4. The van der Waals surface area contributed by atoms with Gasteiger partial charge in [0.15, 0.2) is 11.9 Å². The number of nitrogens with one attached hydrogen (secondary N) is 2. The molecule has 15 heteroatoms. The lowest BCUT2D eigenvalue weighted by Gasteiger charge is -2.48. The molecule has 0 aromatic heterocycles. The van der Waals surface area contributed by atoms with Crippen molar-refractivity contribution in [2.24, 2.45) is 23.7 Å². The molecule has 4 saturated heterocycles. The van der Waals surface area contributed by atoms with Gasteiger partial charge in [-0.3, -0.25) is 9.59 Å². The number of hydrogen-bond acceptors (Lipinski definition) is 13. The Kier molecular flexibility index (Phi) is 12.3. The van der Waals surface area contributed by atoms with Crippen LogP contribution in [0.4, 0.5) is 9.59 Å². The van der Waals surface area contributed by atoms with Crippen molar-refractivity contribution in [2.45, 2.75) is 141 Å². The van der Waals surface area contributed by atoms with Gasteiger partial charge in [0.1, 0.15) is 29.7 Å². The lowest BCUT2D eigenvalue weighted by molar-refractivity contribution is -0.299. The summed E-state index contributed by atoms with van der Waals surface area (Å²) in [6.07, 6.45) is -7.54. The number of Topliss-reactive ketones (excluding diaryl/α,β-unsaturated/α-hetero) is 1. The maximum atomic E-state index is 14.2. The minimum absolute atomic E-state index is 0.0440. The maximum absolute atomic E-state index is 14.2. The van der Waals surface area contributed by atoms with Gasteiger partial charge >= 0.3 is 18.2 Å². The maximum Gasteiger partial charge on any atom is 0.408 e. The summed E-state index contributed by atoms with van der Waals surface area (Å²) >= 11 is 0. The quantitative estimate of drug-likeness (QED) is 0.245. The monoisotopic (exact) mass is 699 g/mol. The van der Waals surface area contributed by atoms with Gasteiger partial charge in [0, 0.05) is 30.3 Å². The second-order valence-corrected chi connectivity index (χ2v) is 15.1. The van der Waals surface area contributed by atoms with Crippen molar-refractivity contribution < 1.29 is 57.8 Å². The molecule has 0 aromatic rings. The van der Waals surface area contributed by atoms with E-state index in [1.807, 2.05) is 25.9 Å². The zero-order valence-electron chi connectivity index (χ0n) is 30.5. The molecule has 4 aliphatic heterocycles. The Hall–Kier alpha value is -2.56. The van der Waals surface area contributed by atoms with E-state index in [-0.39, 0.29) is 43.9 Å². The summed E-state index contributed by atoms with van der Waals surface area (Å²) in [7, 11) is 3.70. The normalized spacial score (nSPS) is 45.9. The number of carbonyl (C=O) groups is 4. The number of esters is 1. The third-order valence-electron chi connectivity index (χ3n) is 10.9. The minimum Gasteiger partial charge on any atom is -0.458 e. The summed E-state index contributed by atoms with van der Waals surface area (Å²) in [5.74, 6) is -4.20. The molecule has 4 N–H and O–H groups in total. The van der Waals surface area contributed by atoms with Gasteiger partial charge in [0.05, 0.1) is 36.9 Å². The molecule has 0 spiro atoms. The first-order valence-corrected chi connectivity index (χ1v) is 17.5. The fourth-order valence-electron chi connectivity index (χ4n) is 8.25. The van der Waals surface area contributed by atoms with E-state index in [0.29, 0.717) is 6.42 Å². The topological polar surface area (TPSA) is 191 Å². The van der Waals surface area contributed by atoms with Gasteiger partial charge in [-0.1, -0.05) is 27.7 Å². The second kappa shape index (κ2) is 15.4.